The standard InChI is InChI=1S/C17H19F3N2O3/c18-17(19,20)11-2-1-3-13(10-11)25-12-6-8-22(9-7-12)16(24)14-4-5-15(23)21-14/h1-3,10,12,14H,4-9H2,(H,21,23). The zero-order chi connectivity index (χ0) is 18.0. The number of nitrogens with zero attached hydrogens (tertiary/aromatic N) is 1. The Bertz CT molecular complexity index is 655. The van der Waals surface area contributed by atoms with Crippen molar-refractivity contribution in [2.45, 2.75) is 44.0 Å². The van der Waals surface area contributed by atoms with Gasteiger partial charge in [0.25, 0.3) is 0 Å². The molecule has 2 amide bonds. The summed E-state index contributed by atoms with van der Waals surface area (Å²) in [5, 5.41) is 2.65. The first kappa shape index (κ1) is 17.6. The Hall–Kier alpha value is -2.25. The number of likely N-dealkylation sites (tertiary alicyclic amines) is 1. The van der Waals surface area contributed by atoms with Gasteiger partial charge in [-0.05, 0) is 24.6 Å². The molecule has 25 heavy (non-hydrogen) atoms. The van der Waals surface area contributed by atoms with Gasteiger partial charge in [0.05, 0.1) is 5.56 Å². The number of halogens is 3. The van der Waals surface area contributed by atoms with Crippen molar-refractivity contribution in [2.75, 3.05) is 13.1 Å². The molecule has 0 bridgehead atoms. The molecule has 0 aliphatic carbocycles. The summed E-state index contributed by atoms with van der Waals surface area (Å²) in [5.74, 6) is -0.0212. The minimum atomic E-state index is -4.40. The molecular weight excluding hydrogens is 337 g/mol. The van der Waals surface area contributed by atoms with Crippen molar-refractivity contribution in [3.05, 3.63) is 29.8 Å². The molecule has 8 heteroatoms. The molecule has 0 aromatic heterocycles. The van der Waals surface area contributed by atoms with Gasteiger partial charge in [-0.15, -0.1) is 0 Å². The average molecular weight is 356 g/mol. The topological polar surface area (TPSA) is 58.6 Å². The molecule has 1 unspecified atom stereocenters. The van der Waals surface area contributed by atoms with E-state index in [4.69, 9.17) is 4.74 Å². The molecule has 2 heterocycles. The van der Waals surface area contributed by atoms with Gasteiger partial charge < -0.3 is 15.0 Å². The molecule has 1 N–H and O–H groups in total. The van der Waals surface area contributed by atoms with Crippen LogP contribution in [-0.4, -0.2) is 41.9 Å². The number of benzene rings is 1. The van der Waals surface area contributed by atoms with Gasteiger partial charge in [-0.1, -0.05) is 6.07 Å². The third kappa shape index (κ3) is 4.24. The Labute approximate surface area is 143 Å². The van der Waals surface area contributed by atoms with E-state index in [1.165, 1.54) is 12.1 Å². The first-order valence-electron chi connectivity index (χ1n) is 8.25. The molecular formula is C17H19F3N2O3. The predicted molar refractivity (Wildman–Crippen MR) is 82.8 cm³/mol. The average Bonchev–Trinajstić information content (AvgIpc) is 3.01. The monoisotopic (exact) mass is 356 g/mol. The first-order valence-corrected chi connectivity index (χ1v) is 8.25. The van der Waals surface area contributed by atoms with Crippen molar-refractivity contribution in [1.82, 2.24) is 10.2 Å². The third-order valence-corrected chi connectivity index (χ3v) is 4.51. The summed E-state index contributed by atoms with van der Waals surface area (Å²) in [6, 6.07) is 4.36. The van der Waals surface area contributed by atoms with E-state index >= 15 is 0 Å². The van der Waals surface area contributed by atoms with Crippen molar-refractivity contribution in [3.8, 4) is 5.75 Å². The van der Waals surface area contributed by atoms with Crippen LogP contribution in [0.25, 0.3) is 0 Å². The summed E-state index contributed by atoms with van der Waals surface area (Å²) >= 11 is 0. The highest BCUT2D eigenvalue weighted by Gasteiger charge is 2.33. The van der Waals surface area contributed by atoms with E-state index in [0.717, 1.165) is 12.1 Å². The second-order valence-electron chi connectivity index (χ2n) is 6.33. The molecule has 0 spiro atoms. The van der Waals surface area contributed by atoms with Crippen LogP contribution in [0.1, 0.15) is 31.2 Å². The van der Waals surface area contributed by atoms with Crippen molar-refractivity contribution in [2.24, 2.45) is 0 Å². The summed E-state index contributed by atoms with van der Waals surface area (Å²) in [5.41, 5.74) is -0.741. The van der Waals surface area contributed by atoms with Crippen LogP contribution in [0, 0.1) is 0 Å². The smallest absolute Gasteiger partial charge is 0.416 e. The number of piperidine rings is 1. The van der Waals surface area contributed by atoms with Crippen LogP contribution in [0.15, 0.2) is 24.3 Å². The van der Waals surface area contributed by atoms with Gasteiger partial charge in [0.1, 0.15) is 17.9 Å². The Morgan fingerprint density at radius 3 is 2.52 bits per heavy atom. The lowest BCUT2D eigenvalue weighted by atomic mass is 10.1. The van der Waals surface area contributed by atoms with Crippen molar-refractivity contribution in [3.63, 3.8) is 0 Å². The summed E-state index contributed by atoms with van der Waals surface area (Å²) in [7, 11) is 0. The Balaban J connectivity index is 1.53. The van der Waals surface area contributed by atoms with Crippen LogP contribution in [-0.2, 0) is 15.8 Å². The van der Waals surface area contributed by atoms with Gasteiger partial charge in [0.15, 0.2) is 0 Å². The Kier molecular flexibility index (Phi) is 4.87. The molecule has 1 aromatic carbocycles. The van der Waals surface area contributed by atoms with E-state index in [9.17, 15) is 22.8 Å². The number of carbonyl (C=O) groups excluding carboxylic acids is 2. The van der Waals surface area contributed by atoms with E-state index in [0.29, 0.717) is 38.8 Å². The molecule has 1 atom stereocenters. The highest BCUT2D eigenvalue weighted by Crippen LogP contribution is 2.32. The molecule has 0 saturated carbocycles. The van der Waals surface area contributed by atoms with Gasteiger partial charge in [0.2, 0.25) is 11.8 Å². The summed E-state index contributed by atoms with van der Waals surface area (Å²) in [4.78, 5) is 25.2. The van der Waals surface area contributed by atoms with E-state index < -0.39 is 17.8 Å². The first-order chi connectivity index (χ1) is 11.8. The number of hydrogen-bond donors (Lipinski definition) is 1. The van der Waals surface area contributed by atoms with Crippen molar-refractivity contribution < 1.29 is 27.5 Å². The van der Waals surface area contributed by atoms with E-state index in [1.54, 1.807) is 4.90 Å². The number of alkyl halides is 3. The number of hydrogen-bond acceptors (Lipinski definition) is 3. The quantitative estimate of drug-likeness (QED) is 0.905. The van der Waals surface area contributed by atoms with Gasteiger partial charge >= 0.3 is 6.18 Å². The Morgan fingerprint density at radius 1 is 1.20 bits per heavy atom. The van der Waals surface area contributed by atoms with Gasteiger partial charge in [-0.25, -0.2) is 0 Å². The van der Waals surface area contributed by atoms with Gasteiger partial charge in [-0.2, -0.15) is 13.2 Å². The molecule has 0 radical (unpaired) electrons. The lowest BCUT2D eigenvalue weighted by Crippen LogP contribution is -2.49. The molecule has 136 valence electrons. The third-order valence-electron chi connectivity index (χ3n) is 4.51. The highest BCUT2D eigenvalue weighted by molar-refractivity contribution is 5.90. The molecule has 2 aliphatic rings. The van der Waals surface area contributed by atoms with Crippen LogP contribution < -0.4 is 10.1 Å². The number of nitrogens with one attached hydrogen (secondary N) is 1. The fourth-order valence-corrected chi connectivity index (χ4v) is 3.15. The van der Waals surface area contributed by atoms with Crippen LogP contribution in [0.4, 0.5) is 13.2 Å². The zero-order valence-corrected chi connectivity index (χ0v) is 13.5. The van der Waals surface area contributed by atoms with Crippen LogP contribution >= 0.6 is 0 Å². The van der Waals surface area contributed by atoms with Crippen LogP contribution in [0.3, 0.4) is 0 Å². The maximum absolute atomic E-state index is 12.7. The summed E-state index contributed by atoms with van der Waals surface area (Å²) < 4.78 is 43.9. The van der Waals surface area contributed by atoms with E-state index in [-0.39, 0.29) is 23.7 Å². The molecule has 2 aliphatic heterocycles. The van der Waals surface area contributed by atoms with Gasteiger partial charge in [-0.3, -0.25) is 9.59 Å². The highest BCUT2D eigenvalue weighted by atomic mass is 19.4. The zero-order valence-electron chi connectivity index (χ0n) is 13.5. The lowest BCUT2D eigenvalue weighted by molar-refractivity contribution is -0.138. The van der Waals surface area contributed by atoms with E-state index in [2.05, 4.69) is 5.32 Å². The molecule has 1 aromatic rings. The summed E-state index contributed by atoms with van der Waals surface area (Å²) in [6.45, 7) is 0.934. The number of carbonyl (C=O) groups is 2. The molecule has 5 nitrogen and oxygen atoms in total. The van der Waals surface area contributed by atoms with Crippen molar-refractivity contribution >= 4 is 11.8 Å². The summed E-state index contributed by atoms with van der Waals surface area (Å²) in [6.07, 6.45) is -2.67. The second-order valence-corrected chi connectivity index (χ2v) is 6.33. The minimum absolute atomic E-state index is 0.0941. The maximum Gasteiger partial charge on any atom is 0.416 e. The normalized spacial score (nSPS) is 22.0. The molecule has 2 fully saturated rings. The second kappa shape index (κ2) is 6.93. The molecule has 2 saturated heterocycles. The minimum Gasteiger partial charge on any atom is -0.490 e. The largest absolute Gasteiger partial charge is 0.490 e. The molecule has 3 rings (SSSR count). The SMILES string of the molecule is O=C1CCC(C(=O)N2CCC(Oc3cccc(C(F)(F)F)c3)CC2)N1. The maximum atomic E-state index is 12.7. The number of ether oxygens (including phenoxy) is 1. The number of rotatable bonds is 3. The van der Waals surface area contributed by atoms with Crippen LogP contribution in [0.5, 0.6) is 5.75 Å². The van der Waals surface area contributed by atoms with E-state index in [1.807, 2.05) is 0 Å². The fourth-order valence-electron chi connectivity index (χ4n) is 3.15. The number of amides is 2. The Morgan fingerprint density at radius 2 is 1.92 bits per heavy atom. The van der Waals surface area contributed by atoms with Crippen molar-refractivity contribution in [1.29, 1.82) is 0 Å². The fraction of sp³-hybridized carbons (Fsp3) is 0.529. The van der Waals surface area contributed by atoms with Gasteiger partial charge in [0, 0.05) is 32.4 Å². The van der Waals surface area contributed by atoms with Crippen LogP contribution in [0.2, 0.25) is 0 Å². The lowest BCUT2D eigenvalue weighted by Gasteiger charge is -2.33. The predicted octanol–water partition coefficient (Wildman–Crippen LogP) is 2.35.